The van der Waals surface area contributed by atoms with E-state index in [0.717, 1.165) is 37.2 Å². The van der Waals surface area contributed by atoms with Crippen LogP contribution >= 0.6 is 0 Å². The third-order valence-corrected chi connectivity index (χ3v) is 4.70. The van der Waals surface area contributed by atoms with Gasteiger partial charge in [0.15, 0.2) is 0 Å². The van der Waals surface area contributed by atoms with Gasteiger partial charge in [-0.3, -0.25) is 4.90 Å². The lowest BCUT2D eigenvalue weighted by Crippen LogP contribution is -2.57. The molecule has 6 nitrogen and oxygen atoms in total. The average Bonchev–Trinajstić information content (AvgIpc) is 2.76. The summed E-state index contributed by atoms with van der Waals surface area (Å²) in [6.45, 7) is 7.15. The second-order valence-corrected chi connectivity index (χ2v) is 7.72. The summed E-state index contributed by atoms with van der Waals surface area (Å²) in [4.78, 5) is 16.7. The maximum atomic E-state index is 12.5. The van der Waals surface area contributed by atoms with E-state index in [4.69, 9.17) is 10.5 Å². The zero-order chi connectivity index (χ0) is 17.5. The van der Waals surface area contributed by atoms with Crippen molar-refractivity contribution in [2.75, 3.05) is 23.7 Å². The number of hydrogen-bond donors (Lipinski definition) is 2. The highest BCUT2D eigenvalue weighted by molar-refractivity contribution is 5.71. The highest BCUT2D eigenvalue weighted by Crippen LogP contribution is 2.35. The maximum Gasteiger partial charge on any atom is 0.410 e. The molecule has 0 aromatic heterocycles. The third-order valence-electron chi connectivity index (χ3n) is 4.70. The van der Waals surface area contributed by atoms with E-state index in [0.29, 0.717) is 5.69 Å². The van der Waals surface area contributed by atoms with E-state index >= 15 is 0 Å². The Bertz CT molecular complexity index is 612. The molecule has 2 fully saturated rings. The molecule has 6 heteroatoms. The number of anilines is 2. The van der Waals surface area contributed by atoms with Crippen molar-refractivity contribution in [1.82, 2.24) is 4.90 Å². The quantitative estimate of drug-likeness (QED) is 0.812. The van der Waals surface area contributed by atoms with Gasteiger partial charge in [0.05, 0.1) is 18.7 Å². The molecule has 2 heterocycles. The van der Waals surface area contributed by atoms with Crippen molar-refractivity contribution in [3.63, 3.8) is 0 Å². The van der Waals surface area contributed by atoms with Gasteiger partial charge in [-0.25, -0.2) is 4.79 Å². The molecule has 3 rings (SSSR count). The van der Waals surface area contributed by atoms with Crippen LogP contribution in [0.3, 0.4) is 0 Å². The number of aliphatic hydroxyl groups is 1. The minimum atomic E-state index is -0.478. The standard InChI is InChI=1S/C18H27N3O3/c1-18(2,3)24-17(23)21-14-5-6-15(21)10-20(9-14)16-7-4-13(19)8-12(16)11-22/h4,7-8,14-15,22H,5-6,9-11,19H2,1-3H3. The Morgan fingerprint density at radius 1 is 1.29 bits per heavy atom. The summed E-state index contributed by atoms with van der Waals surface area (Å²) in [5, 5.41) is 9.62. The average molecular weight is 333 g/mol. The van der Waals surface area contributed by atoms with E-state index in [2.05, 4.69) is 4.90 Å². The fourth-order valence-corrected chi connectivity index (χ4v) is 3.75. The van der Waals surface area contributed by atoms with E-state index in [1.165, 1.54) is 0 Å². The fraction of sp³-hybridized carbons (Fsp3) is 0.611. The fourth-order valence-electron chi connectivity index (χ4n) is 3.75. The van der Waals surface area contributed by atoms with Crippen molar-refractivity contribution in [3.05, 3.63) is 23.8 Å². The first-order chi connectivity index (χ1) is 11.3. The molecule has 2 atom stereocenters. The first kappa shape index (κ1) is 16.9. The molecule has 1 amide bonds. The number of carbonyl (C=O) groups excluding carboxylic acids is 1. The van der Waals surface area contributed by atoms with E-state index in [1.54, 1.807) is 0 Å². The Hall–Kier alpha value is -1.95. The van der Waals surface area contributed by atoms with Gasteiger partial charge in [0.25, 0.3) is 0 Å². The first-order valence-corrected chi connectivity index (χ1v) is 8.54. The number of aliphatic hydroxyl groups excluding tert-OH is 1. The van der Waals surface area contributed by atoms with Gasteiger partial charge in [0.2, 0.25) is 0 Å². The molecular formula is C18H27N3O3. The predicted molar refractivity (Wildman–Crippen MR) is 93.9 cm³/mol. The van der Waals surface area contributed by atoms with E-state index in [-0.39, 0.29) is 24.8 Å². The molecular weight excluding hydrogens is 306 g/mol. The van der Waals surface area contributed by atoms with Crippen LogP contribution in [-0.4, -0.2) is 46.9 Å². The predicted octanol–water partition coefficient (Wildman–Crippen LogP) is 2.35. The molecule has 2 aliphatic rings. The second kappa shape index (κ2) is 6.16. The number of hydrogen-bond acceptors (Lipinski definition) is 5. The number of nitrogens with zero attached hydrogens (tertiary/aromatic N) is 2. The van der Waals surface area contributed by atoms with E-state index in [9.17, 15) is 9.90 Å². The van der Waals surface area contributed by atoms with Gasteiger partial charge >= 0.3 is 6.09 Å². The van der Waals surface area contributed by atoms with Crippen LogP contribution < -0.4 is 10.6 Å². The number of benzene rings is 1. The summed E-state index contributed by atoms with van der Waals surface area (Å²) >= 11 is 0. The van der Waals surface area contributed by atoms with Crippen LogP contribution in [0.25, 0.3) is 0 Å². The van der Waals surface area contributed by atoms with Crippen molar-refractivity contribution >= 4 is 17.5 Å². The monoisotopic (exact) mass is 333 g/mol. The Morgan fingerprint density at radius 3 is 2.46 bits per heavy atom. The van der Waals surface area contributed by atoms with E-state index in [1.807, 2.05) is 43.9 Å². The van der Waals surface area contributed by atoms with Crippen molar-refractivity contribution < 1.29 is 14.6 Å². The van der Waals surface area contributed by atoms with Crippen LogP contribution in [0.1, 0.15) is 39.2 Å². The molecule has 2 aliphatic heterocycles. The van der Waals surface area contributed by atoms with Crippen LogP contribution in [0.4, 0.5) is 16.2 Å². The molecule has 24 heavy (non-hydrogen) atoms. The largest absolute Gasteiger partial charge is 0.444 e. The number of carbonyl (C=O) groups is 1. The SMILES string of the molecule is CC(C)(C)OC(=O)N1C2CCC1CN(c1ccc(N)cc1CO)C2. The second-order valence-electron chi connectivity index (χ2n) is 7.72. The number of piperazine rings is 1. The summed E-state index contributed by atoms with van der Waals surface area (Å²) < 4.78 is 5.57. The molecule has 2 saturated heterocycles. The first-order valence-electron chi connectivity index (χ1n) is 8.54. The van der Waals surface area contributed by atoms with Gasteiger partial charge in [-0.2, -0.15) is 0 Å². The highest BCUT2D eigenvalue weighted by Gasteiger charge is 2.44. The summed E-state index contributed by atoms with van der Waals surface area (Å²) in [6.07, 6.45) is 1.77. The number of nitrogen functional groups attached to an aromatic ring is 1. The summed E-state index contributed by atoms with van der Waals surface area (Å²) in [5.74, 6) is 0. The van der Waals surface area contributed by atoms with Gasteiger partial charge in [-0.05, 0) is 51.8 Å². The Balaban J connectivity index is 1.77. The maximum absolute atomic E-state index is 12.5. The van der Waals surface area contributed by atoms with Crippen LogP contribution in [0.15, 0.2) is 18.2 Å². The van der Waals surface area contributed by atoms with Gasteiger partial charge in [0.1, 0.15) is 5.60 Å². The highest BCUT2D eigenvalue weighted by atomic mass is 16.6. The van der Waals surface area contributed by atoms with Crippen molar-refractivity contribution in [2.24, 2.45) is 0 Å². The number of nitrogens with two attached hydrogens (primary N) is 1. The summed E-state index contributed by atoms with van der Waals surface area (Å²) in [5.41, 5.74) is 7.83. The Kier molecular flexibility index (Phi) is 4.34. The Morgan fingerprint density at radius 2 is 1.92 bits per heavy atom. The number of rotatable bonds is 2. The van der Waals surface area contributed by atoms with Gasteiger partial charge in [-0.1, -0.05) is 0 Å². The van der Waals surface area contributed by atoms with Crippen molar-refractivity contribution in [1.29, 1.82) is 0 Å². The van der Waals surface area contributed by atoms with Crippen molar-refractivity contribution in [2.45, 2.75) is 57.9 Å². The molecule has 0 spiro atoms. The number of ether oxygens (including phenoxy) is 1. The lowest BCUT2D eigenvalue weighted by atomic mass is 10.1. The molecule has 0 aliphatic carbocycles. The normalized spacial score (nSPS) is 23.5. The number of amides is 1. The minimum absolute atomic E-state index is 0.0397. The van der Waals surface area contributed by atoms with Crippen LogP contribution in [0, 0.1) is 0 Å². The van der Waals surface area contributed by atoms with Crippen LogP contribution in [0.5, 0.6) is 0 Å². The van der Waals surface area contributed by atoms with Crippen molar-refractivity contribution in [3.8, 4) is 0 Å². The van der Waals surface area contributed by atoms with Gasteiger partial charge in [-0.15, -0.1) is 0 Å². The zero-order valence-corrected chi connectivity index (χ0v) is 14.7. The van der Waals surface area contributed by atoms with Crippen LogP contribution in [-0.2, 0) is 11.3 Å². The topological polar surface area (TPSA) is 79.0 Å². The van der Waals surface area contributed by atoms with E-state index < -0.39 is 5.60 Å². The molecule has 0 radical (unpaired) electrons. The molecule has 1 aromatic rings. The third kappa shape index (κ3) is 3.29. The molecule has 3 N–H and O–H groups in total. The summed E-state index contributed by atoms with van der Waals surface area (Å²) in [7, 11) is 0. The lowest BCUT2D eigenvalue weighted by molar-refractivity contribution is 0.0123. The van der Waals surface area contributed by atoms with Gasteiger partial charge in [0, 0.05) is 30.0 Å². The molecule has 2 bridgehead atoms. The van der Waals surface area contributed by atoms with Gasteiger partial charge < -0.3 is 20.5 Å². The molecule has 132 valence electrons. The Labute approximate surface area is 143 Å². The number of fused-ring (bicyclic) bond motifs is 2. The summed E-state index contributed by atoms with van der Waals surface area (Å²) in [6, 6.07) is 5.95. The minimum Gasteiger partial charge on any atom is -0.444 e. The molecule has 2 unspecified atom stereocenters. The zero-order valence-electron chi connectivity index (χ0n) is 14.7. The molecule has 1 aromatic carbocycles. The molecule has 0 saturated carbocycles. The van der Waals surface area contributed by atoms with Crippen LogP contribution in [0.2, 0.25) is 0 Å². The lowest BCUT2D eigenvalue weighted by Gasteiger charge is -2.42. The smallest absolute Gasteiger partial charge is 0.410 e.